The number of rotatable bonds is 0. The summed E-state index contributed by atoms with van der Waals surface area (Å²) in [5.74, 6) is 0. The molecule has 24 valence electrons. The minimum absolute atomic E-state index is 0. The first-order valence-electron chi connectivity index (χ1n) is 0.638. The molecule has 0 amide bonds. The van der Waals surface area contributed by atoms with Crippen LogP contribution in [-0.2, 0) is 4.58 Å². The van der Waals surface area contributed by atoms with Crippen LogP contribution < -0.4 is 61.7 Å². The minimum atomic E-state index is -0.181. The van der Waals surface area contributed by atoms with Crippen LogP contribution in [-0.4, -0.2) is 6.47 Å². The Hall–Kier alpha value is 0.906. The van der Waals surface area contributed by atoms with Gasteiger partial charge in [-0.05, 0) is 0 Å². The van der Waals surface area contributed by atoms with Crippen LogP contribution in [0.4, 0.5) is 0 Å². The molecule has 0 N–H and O–H groups in total. The maximum Gasteiger partial charge on any atom is 1.00 e. The summed E-state index contributed by atoms with van der Waals surface area (Å²) in [6.45, 7) is -0.181. The van der Waals surface area contributed by atoms with Gasteiger partial charge in [0.25, 0.3) is 6.47 Å². The summed E-state index contributed by atoms with van der Waals surface area (Å²) >= 11 is 0. The first-order chi connectivity index (χ1) is 1.91. The smallest absolute Gasteiger partial charge is 0.720 e. The van der Waals surface area contributed by atoms with E-state index in [4.69, 9.17) is 10.4 Å². The zero-order valence-corrected chi connectivity index (χ0v) is 5.93. The molecule has 0 unspecified atom stereocenters. The number of carbonyl (C=O) groups excluding carboxylic acids is 1. The third kappa shape index (κ3) is 11.4. The average molecular weight is 100 g/mol. The third-order valence-corrected chi connectivity index (χ3v) is 0.0393. The van der Waals surface area contributed by atoms with Gasteiger partial charge in [-0.1, -0.05) is 0 Å². The third-order valence-electron chi connectivity index (χ3n) is 0.0393. The van der Waals surface area contributed by atoms with Crippen LogP contribution in [0.15, 0.2) is 0 Å². The Morgan fingerprint density at radius 1 is 1.60 bits per heavy atom. The summed E-state index contributed by atoms with van der Waals surface area (Å²) in [6, 6.07) is 0. The molecule has 4 heteroatoms. The predicted molar refractivity (Wildman–Crippen MR) is 6.06 cm³/mol. The van der Waals surface area contributed by atoms with Gasteiger partial charge >= 0.3 is 51.4 Å². The van der Waals surface area contributed by atoms with E-state index in [1.165, 1.54) is 0 Å². The van der Waals surface area contributed by atoms with Crippen LogP contribution in [0.3, 0.4) is 0 Å². The van der Waals surface area contributed by atoms with Crippen molar-refractivity contribution >= 4 is 6.47 Å². The van der Waals surface area contributed by atoms with Gasteiger partial charge in [0.2, 0.25) is 0 Å². The molecule has 0 bridgehead atoms. The molecule has 0 aliphatic heterocycles. The standard InChI is InChI=1S/CH2O3.K/c2-1-4-3;/h1-2H;/q;+1/p-1. The molecule has 3 nitrogen and oxygen atoms in total. The summed E-state index contributed by atoms with van der Waals surface area (Å²) in [7, 11) is 0. The van der Waals surface area contributed by atoms with Crippen molar-refractivity contribution in [1.82, 2.24) is 0 Å². The molecular weight excluding hydrogens is 99.1 g/mol. The van der Waals surface area contributed by atoms with E-state index in [1.54, 1.807) is 0 Å². The molecule has 0 heterocycles. The number of hydrogen-bond acceptors (Lipinski definition) is 2. The fourth-order valence-electron chi connectivity index (χ4n) is 0. The second-order valence-electron chi connectivity index (χ2n) is 0.192. The monoisotopic (exact) mass is 100.0 g/mol. The van der Waals surface area contributed by atoms with Gasteiger partial charge in [0, 0.05) is 0 Å². The molecule has 5 heavy (non-hydrogen) atoms. The molecule has 0 rings (SSSR count). The van der Waals surface area contributed by atoms with E-state index in [2.05, 4.69) is 4.58 Å². The summed E-state index contributed by atoms with van der Waals surface area (Å²) in [5.41, 5.74) is 0. The van der Waals surface area contributed by atoms with Crippen molar-refractivity contribution in [1.29, 1.82) is 0 Å². The summed E-state index contributed by atoms with van der Waals surface area (Å²) in [6.07, 6.45) is 0. The van der Waals surface area contributed by atoms with Crippen LogP contribution in [0.25, 0.3) is 0 Å². The van der Waals surface area contributed by atoms with Crippen molar-refractivity contribution in [3.8, 4) is 0 Å². The molecular formula is CHKO3. The van der Waals surface area contributed by atoms with Gasteiger partial charge in [-0.2, -0.15) is 0 Å². The quantitative estimate of drug-likeness (QED) is 0.100. The molecule has 0 radical (unpaired) electrons. The molecule has 0 aliphatic rings. The Balaban J connectivity index is 0. The van der Waals surface area contributed by atoms with Crippen molar-refractivity contribution in [3.05, 3.63) is 0 Å². The largest absolute Gasteiger partial charge is 1.00 e. The topological polar surface area (TPSA) is 57.4 Å². The predicted octanol–water partition coefficient (Wildman–Crippen LogP) is -5.82. The SMILES string of the molecule is [K+].[O-]C=[O+][O-]. The average Bonchev–Trinajstić information content (AvgIpc) is 1.37. The van der Waals surface area contributed by atoms with E-state index >= 15 is 0 Å². The van der Waals surface area contributed by atoms with Crippen molar-refractivity contribution < 1.29 is 66.3 Å². The van der Waals surface area contributed by atoms with Crippen LogP contribution in [0.1, 0.15) is 0 Å². The molecule has 0 aliphatic carbocycles. The second kappa shape index (κ2) is 8.86. The molecule has 0 atom stereocenters. The van der Waals surface area contributed by atoms with Crippen molar-refractivity contribution in [2.75, 3.05) is 0 Å². The van der Waals surface area contributed by atoms with E-state index < -0.39 is 0 Å². The second-order valence-corrected chi connectivity index (χ2v) is 0.192. The van der Waals surface area contributed by atoms with Gasteiger partial charge < -0.3 is 9.83 Å². The fourth-order valence-corrected chi connectivity index (χ4v) is 0. The van der Waals surface area contributed by atoms with Crippen LogP contribution in [0.2, 0.25) is 0 Å². The van der Waals surface area contributed by atoms with E-state index in [-0.39, 0.29) is 57.9 Å². The zero-order chi connectivity index (χ0) is 3.41. The Morgan fingerprint density at radius 3 is 1.80 bits per heavy atom. The first kappa shape index (κ1) is 9.32. The number of carboxylic acid groups (broad SMARTS) is 1. The molecule has 0 saturated heterocycles. The normalized spacial score (nSPS) is 7.20. The van der Waals surface area contributed by atoms with Gasteiger partial charge in [0.05, 0.1) is 0 Å². The van der Waals surface area contributed by atoms with Crippen LogP contribution in [0.5, 0.6) is 0 Å². The molecule has 0 aromatic carbocycles. The summed E-state index contributed by atoms with van der Waals surface area (Å²) in [5, 5.41) is 17.1. The first-order valence-corrected chi connectivity index (χ1v) is 0.638. The van der Waals surface area contributed by atoms with Gasteiger partial charge in [-0.15, -0.1) is 0 Å². The zero-order valence-electron chi connectivity index (χ0n) is 2.80. The van der Waals surface area contributed by atoms with Crippen LogP contribution in [0, 0.1) is 0 Å². The summed E-state index contributed by atoms with van der Waals surface area (Å²) < 4.78 is 2.61. The van der Waals surface area contributed by atoms with Crippen molar-refractivity contribution in [2.45, 2.75) is 0 Å². The molecule has 0 fully saturated rings. The Bertz CT molecular complexity index is 22.1. The maximum absolute atomic E-state index is 8.64. The number of hydrogen-bond donors (Lipinski definition) is 0. The molecule has 0 saturated carbocycles. The van der Waals surface area contributed by atoms with E-state index in [0.29, 0.717) is 0 Å². The van der Waals surface area contributed by atoms with E-state index in [0.717, 1.165) is 0 Å². The van der Waals surface area contributed by atoms with Gasteiger partial charge in [-0.25, -0.2) is 0 Å². The summed E-state index contributed by atoms with van der Waals surface area (Å²) in [4.78, 5) is 0. The van der Waals surface area contributed by atoms with Crippen molar-refractivity contribution in [2.24, 2.45) is 0 Å². The van der Waals surface area contributed by atoms with Gasteiger partial charge in [0.1, 0.15) is 0 Å². The molecule has 0 aromatic rings. The van der Waals surface area contributed by atoms with E-state index in [1.807, 2.05) is 0 Å². The Labute approximate surface area is 71.7 Å². The maximum atomic E-state index is 8.64. The minimum Gasteiger partial charge on any atom is -0.720 e. The van der Waals surface area contributed by atoms with Crippen molar-refractivity contribution in [3.63, 3.8) is 0 Å². The Kier molecular flexibility index (Phi) is 16.5. The molecule has 0 aromatic heterocycles. The fraction of sp³-hybridized carbons (Fsp3) is 0. The van der Waals surface area contributed by atoms with Crippen LogP contribution >= 0.6 is 0 Å². The molecule has 0 spiro atoms. The Morgan fingerprint density at radius 2 is 1.80 bits per heavy atom. The van der Waals surface area contributed by atoms with E-state index in [9.17, 15) is 0 Å². The van der Waals surface area contributed by atoms with Gasteiger partial charge in [0.15, 0.2) is 0 Å². The van der Waals surface area contributed by atoms with Gasteiger partial charge in [-0.3, -0.25) is 5.11 Å².